The zero-order chi connectivity index (χ0) is 29.1. The van der Waals surface area contributed by atoms with Gasteiger partial charge in [0, 0.05) is 24.2 Å². The number of hydrogen-bond donors (Lipinski definition) is 0. The molecule has 2 aromatic heterocycles. The molecule has 0 aliphatic carbocycles. The molecule has 0 N–H and O–H groups in total. The van der Waals surface area contributed by atoms with E-state index in [1.165, 1.54) is 0 Å². The summed E-state index contributed by atoms with van der Waals surface area (Å²) in [5.74, 6) is -0.851. The number of benzene rings is 4. The fraction of sp³-hybridized carbons (Fsp3) is 0.118. The van der Waals surface area contributed by atoms with E-state index in [-0.39, 0.29) is 11.4 Å². The Balaban J connectivity index is 1.29. The maximum atomic E-state index is 13.5. The van der Waals surface area contributed by atoms with E-state index in [2.05, 4.69) is 9.97 Å². The highest BCUT2D eigenvalue weighted by Gasteiger charge is 2.20. The van der Waals surface area contributed by atoms with Gasteiger partial charge in [-0.05, 0) is 37.1 Å². The van der Waals surface area contributed by atoms with Gasteiger partial charge in [-0.1, -0.05) is 84.9 Å². The van der Waals surface area contributed by atoms with Crippen molar-refractivity contribution >= 4 is 33.6 Å². The van der Waals surface area contributed by atoms with E-state index in [9.17, 15) is 19.2 Å². The second-order valence-corrected chi connectivity index (χ2v) is 9.91. The van der Waals surface area contributed by atoms with Crippen LogP contribution in [0.15, 0.2) is 119 Å². The van der Waals surface area contributed by atoms with Crippen molar-refractivity contribution in [2.45, 2.75) is 25.9 Å². The third kappa shape index (κ3) is 5.06. The Morgan fingerprint density at radius 2 is 0.857 bits per heavy atom. The van der Waals surface area contributed by atoms with E-state index in [0.29, 0.717) is 59.1 Å². The van der Waals surface area contributed by atoms with Gasteiger partial charge in [-0.15, -0.1) is 0 Å². The number of fused-ring (bicyclic) bond motifs is 2. The molecule has 6 rings (SSSR count). The molecule has 8 heteroatoms. The van der Waals surface area contributed by atoms with Crippen LogP contribution in [0.2, 0.25) is 0 Å². The molecule has 2 heterocycles. The Bertz CT molecular complexity index is 1920. The Morgan fingerprint density at radius 1 is 0.500 bits per heavy atom. The van der Waals surface area contributed by atoms with Crippen LogP contribution in [-0.2, 0) is 13.1 Å². The second-order valence-electron chi connectivity index (χ2n) is 9.91. The van der Waals surface area contributed by atoms with Crippen molar-refractivity contribution in [2.75, 3.05) is 0 Å². The third-order valence-electron chi connectivity index (χ3n) is 7.22. The fourth-order valence-corrected chi connectivity index (χ4v) is 5.12. The smallest absolute Gasteiger partial charge is 0.281 e. The average Bonchev–Trinajstić information content (AvgIpc) is 3.04. The molecule has 0 fully saturated rings. The summed E-state index contributed by atoms with van der Waals surface area (Å²) < 4.78 is 3.16. The lowest BCUT2D eigenvalue weighted by Crippen LogP contribution is -2.30. The summed E-state index contributed by atoms with van der Waals surface area (Å²) in [6.45, 7) is 0.648. The highest BCUT2D eigenvalue weighted by atomic mass is 16.2. The van der Waals surface area contributed by atoms with Crippen LogP contribution in [0, 0.1) is 0 Å². The Kier molecular flexibility index (Phi) is 7.34. The van der Waals surface area contributed by atoms with Crippen molar-refractivity contribution in [3.05, 3.63) is 152 Å². The zero-order valence-electron chi connectivity index (χ0n) is 22.6. The van der Waals surface area contributed by atoms with Crippen LogP contribution < -0.4 is 11.1 Å². The summed E-state index contributed by atoms with van der Waals surface area (Å²) in [5, 5.41) is 0. The molecule has 0 saturated heterocycles. The van der Waals surface area contributed by atoms with Crippen molar-refractivity contribution < 1.29 is 9.59 Å². The lowest BCUT2D eigenvalue weighted by atomic mass is 10.1. The number of carbonyl (C=O) groups excluding carboxylic acids is 2. The van der Waals surface area contributed by atoms with Crippen molar-refractivity contribution in [2.24, 2.45) is 0 Å². The van der Waals surface area contributed by atoms with Crippen LogP contribution in [0.1, 0.15) is 44.9 Å². The number of rotatable bonds is 9. The maximum absolute atomic E-state index is 13.5. The number of nitrogens with zero attached hydrogens (tertiary/aromatic N) is 4. The van der Waals surface area contributed by atoms with Crippen LogP contribution in [0.25, 0.3) is 22.1 Å². The van der Waals surface area contributed by atoms with Gasteiger partial charge in [0.15, 0.2) is 11.4 Å². The average molecular weight is 555 g/mol. The first kappa shape index (κ1) is 26.7. The molecular weight excluding hydrogens is 528 g/mol. The molecule has 0 unspecified atom stereocenters. The first-order valence-corrected chi connectivity index (χ1v) is 13.7. The Labute approximate surface area is 240 Å². The van der Waals surface area contributed by atoms with Crippen molar-refractivity contribution in [1.29, 1.82) is 0 Å². The van der Waals surface area contributed by atoms with Crippen molar-refractivity contribution in [3.63, 3.8) is 0 Å². The molecule has 0 saturated carbocycles. The number of para-hydroxylation sites is 4. The summed E-state index contributed by atoms with van der Waals surface area (Å²) in [4.78, 5) is 62.2. The van der Waals surface area contributed by atoms with E-state index in [1.807, 2.05) is 36.4 Å². The van der Waals surface area contributed by atoms with Crippen molar-refractivity contribution in [1.82, 2.24) is 19.1 Å². The highest BCUT2D eigenvalue weighted by Crippen LogP contribution is 2.16. The van der Waals surface area contributed by atoms with Crippen LogP contribution in [-0.4, -0.2) is 30.7 Å². The lowest BCUT2D eigenvalue weighted by molar-refractivity contribution is 0.102. The first-order chi connectivity index (χ1) is 20.5. The SMILES string of the molecule is O=C(c1ccccc1)c1nc2ccccc2n(CCCCn2c(=O)c(C(=O)c3ccccc3)nc3ccccc32)c1=O. The number of carbonyl (C=O) groups is 2. The number of unbranched alkanes of at least 4 members (excludes halogenated alkanes) is 1. The molecule has 206 valence electrons. The monoisotopic (exact) mass is 554 g/mol. The van der Waals surface area contributed by atoms with E-state index in [4.69, 9.17) is 0 Å². The van der Waals surface area contributed by atoms with Crippen molar-refractivity contribution in [3.8, 4) is 0 Å². The summed E-state index contributed by atoms with van der Waals surface area (Å²) in [5.41, 5.74) is 2.01. The molecule has 0 radical (unpaired) electrons. The quantitative estimate of drug-likeness (QED) is 0.183. The molecule has 4 aromatic carbocycles. The Hall–Kier alpha value is -5.50. The van der Waals surface area contributed by atoms with Crippen LogP contribution in [0.4, 0.5) is 0 Å². The minimum atomic E-state index is -0.454. The summed E-state index contributed by atoms with van der Waals surface area (Å²) in [6, 6.07) is 31.7. The molecule has 0 aliphatic heterocycles. The highest BCUT2D eigenvalue weighted by molar-refractivity contribution is 6.08. The van der Waals surface area contributed by atoms with Gasteiger partial charge >= 0.3 is 0 Å². The first-order valence-electron chi connectivity index (χ1n) is 13.7. The normalized spacial score (nSPS) is 11.1. The van der Waals surface area contributed by atoms with Gasteiger partial charge in [0.25, 0.3) is 11.1 Å². The molecular formula is C34H26N4O4. The van der Waals surface area contributed by atoms with Gasteiger partial charge in [0.05, 0.1) is 22.1 Å². The van der Waals surface area contributed by atoms with Crippen LogP contribution in [0.5, 0.6) is 0 Å². The molecule has 6 aromatic rings. The van der Waals surface area contributed by atoms with Crippen LogP contribution in [0.3, 0.4) is 0 Å². The topological polar surface area (TPSA) is 104 Å². The summed E-state index contributed by atoms with van der Waals surface area (Å²) in [7, 11) is 0. The predicted octanol–water partition coefficient (Wildman–Crippen LogP) is 5.05. The minimum Gasteiger partial charge on any atom is -0.305 e. The van der Waals surface area contributed by atoms with E-state index in [1.54, 1.807) is 81.9 Å². The van der Waals surface area contributed by atoms with Gasteiger partial charge in [0.1, 0.15) is 0 Å². The van der Waals surface area contributed by atoms with Gasteiger partial charge in [0.2, 0.25) is 11.6 Å². The van der Waals surface area contributed by atoms with E-state index in [0.717, 1.165) is 0 Å². The molecule has 42 heavy (non-hydrogen) atoms. The number of aromatic nitrogens is 4. The van der Waals surface area contributed by atoms with Gasteiger partial charge in [-0.2, -0.15) is 0 Å². The summed E-state index contributed by atoms with van der Waals surface area (Å²) >= 11 is 0. The molecule has 0 aliphatic rings. The van der Waals surface area contributed by atoms with Gasteiger partial charge in [-0.3, -0.25) is 19.2 Å². The van der Waals surface area contributed by atoms with E-state index >= 15 is 0 Å². The van der Waals surface area contributed by atoms with Gasteiger partial charge in [-0.25, -0.2) is 9.97 Å². The molecule has 0 spiro atoms. The predicted molar refractivity (Wildman–Crippen MR) is 161 cm³/mol. The number of hydrogen-bond acceptors (Lipinski definition) is 6. The largest absolute Gasteiger partial charge is 0.305 e. The molecule has 0 atom stereocenters. The minimum absolute atomic E-state index is 0.125. The number of ketones is 2. The van der Waals surface area contributed by atoms with Gasteiger partial charge < -0.3 is 9.13 Å². The Morgan fingerprint density at radius 3 is 1.26 bits per heavy atom. The third-order valence-corrected chi connectivity index (χ3v) is 7.22. The molecule has 0 amide bonds. The zero-order valence-corrected chi connectivity index (χ0v) is 22.6. The standard InChI is InChI=1S/C34H26N4O4/c39-31(23-13-3-1-4-14-23)29-33(41)37(27-19-9-7-17-25(27)35-29)21-11-12-22-38-28-20-10-8-18-26(28)36-30(34(38)42)32(40)24-15-5-2-6-16-24/h1-10,13-20H,11-12,21-22H2. The van der Waals surface area contributed by atoms with E-state index < -0.39 is 22.7 Å². The fourth-order valence-electron chi connectivity index (χ4n) is 5.12. The number of aryl methyl sites for hydroxylation is 2. The van der Waals surface area contributed by atoms with Crippen LogP contribution >= 0.6 is 0 Å². The molecule has 0 bridgehead atoms. The summed E-state index contributed by atoms with van der Waals surface area (Å²) in [6.07, 6.45) is 1.08. The maximum Gasteiger partial charge on any atom is 0.281 e. The lowest BCUT2D eigenvalue weighted by Gasteiger charge is -2.14. The second kappa shape index (κ2) is 11.5. The molecule has 8 nitrogen and oxygen atoms in total.